The van der Waals surface area contributed by atoms with E-state index < -0.39 is 6.04 Å². The van der Waals surface area contributed by atoms with E-state index in [0.717, 1.165) is 11.1 Å². The van der Waals surface area contributed by atoms with Crippen LogP contribution < -0.4 is 10.6 Å². The number of carbonyl (C=O) groups excluding carboxylic acids is 2. The van der Waals surface area contributed by atoms with Gasteiger partial charge in [-0.15, -0.1) is 11.3 Å². The molecule has 0 fully saturated rings. The Morgan fingerprint density at radius 2 is 1.70 bits per heavy atom. The van der Waals surface area contributed by atoms with Crippen molar-refractivity contribution in [2.45, 2.75) is 60.0 Å². The smallest absolute Gasteiger partial charge is 0.252 e. The van der Waals surface area contributed by atoms with Crippen molar-refractivity contribution in [2.24, 2.45) is 5.92 Å². The first-order valence-electron chi connectivity index (χ1n) is 9.42. The molecule has 0 saturated carbocycles. The molecular weight excluding hydrogens is 356 g/mol. The van der Waals surface area contributed by atoms with Crippen LogP contribution in [-0.4, -0.2) is 17.9 Å². The summed E-state index contributed by atoms with van der Waals surface area (Å²) in [6.07, 6.45) is 0.595. The summed E-state index contributed by atoms with van der Waals surface area (Å²) in [5.41, 5.74) is 2.65. The van der Waals surface area contributed by atoms with E-state index in [1.807, 2.05) is 32.0 Å². The maximum atomic E-state index is 12.9. The molecule has 0 aliphatic rings. The summed E-state index contributed by atoms with van der Waals surface area (Å²) >= 11 is 1.73. The van der Waals surface area contributed by atoms with Crippen LogP contribution in [0.25, 0.3) is 0 Å². The molecular formula is C22H30N2O2S. The number of amides is 2. The van der Waals surface area contributed by atoms with Crippen molar-refractivity contribution in [1.29, 1.82) is 0 Å². The quantitative estimate of drug-likeness (QED) is 0.725. The molecule has 0 radical (unpaired) electrons. The maximum absolute atomic E-state index is 12.9. The molecule has 2 amide bonds. The van der Waals surface area contributed by atoms with Crippen molar-refractivity contribution in [3.63, 3.8) is 0 Å². The van der Waals surface area contributed by atoms with E-state index in [-0.39, 0.29) is 17.9 Å². The third kappa shape index (κ3) is 5.67. The molecule has 0 spiro atoms. The lowest BCUT2D eigenvalue weighted by Gasteiger charge is -2.23. The zero-order valence-electron chi connectivity index (χ0n) is 17.1. The van der Waals surface area contributed by atoms with Crippen molar-refractivity contribution in [2.75, 3.05) is 0 Å². The molecule has 2 atom stereocenters. The van der Waals surface area contributed by atoms with Crippen LogP contribution in [0.2, 0.25) is 0 Å². The van der Waals surface area contributed by atoms with E-state index in [9.17, 15) is 9.59 Å². The number of hydrogen-bond acceptors (Lipinski definition) is 3. The standard InChI is InChI=1S/C22H30N2O2S/c1-13(2)11-20(24-21(25)18-10-8-7-9-14(18)3)22(26)23-16(5)19-12-15(4)27-17(19)6/h7-10,12-13,16,20H,11H2,1-6H3,(H,23,26)(H,24,25). The fourth-order valence-corrected chi connectivity index (χ4v) is 4.26. The van der Waals surface area contributed by atoms with E-state index >= 15 is 0 Å². The van der Waals surface area contributed by atoms with Gasteiger partial charge in [-0.1, -0.05) is 32.0 Å². The Kier molecular flexibility index (Phi) is 7.19. The molecule has 0 saturated heterocycles. The minimum absolute atomic E-state index is 0.0903. The second-order valence-electron chi connectivity index (χ2n) is 7.57. The summed E-state index contributed by atoms with van der Waals surface area (Å²) in [6.45, 7) is 12.1. The van der Waals surface area contributed by atoms with Gasteiger partial charge >= 0.3 is 0 Å². The lowest BCUT2D eigenvalue weighted by Crippen LogP contribution is -2.48. The number of rotatable bonds is 7. The molecule has 2 N–H and O–H groups in total. The largest absolute Gasteiger partial charge is 0.348 e. The van der Waals surface area contributed by atoms with E-state index in [2.05, 4.69) is 44.4 Å². The topological polar surface area (TPSA) is 58.2 Å². The van der Waals surface area contributed by atoms with Crippen LogP contribution in [0.1, 0.15) is 64.5 Å². The van der Waals surface area contributed by atoms with Gasteiger partial charge in [0.25, 0.3) is 5.91 Å². The third-order valence-corrected chi connectivity index (χ3v) is 5.60. The molecule has 0 aliphatic heterocycles. The first-order chi connectivity index (χ1) is 12.7. The van der Waals surface area contributed by atoms with Crippen LogP contribution in [0.5, 0.6) is 0 Å². The Bertz CT molecular complexity index is 810. The average molecular weight is 387 g/mol. The van der Waals surface area contributed by atoms with Gasteiger partial charge in [0, 0.05) is 15.3 Å². The minimum Gasteiger partial charge on any atom is -0.348 e. The summed E-state index contributed by atoms with van der Waals surface area (Å²) < 4.78 is 0. The van der Waals surface area contributed by atoms with Crippen molar-refractivity contribution in [3.8, 4) is 0 Å². The molecule has 1 heterocycles. The maximum Gasteiger partial charge on any atom is 0.252 e. The van der Waals surface area contributed by atoms with Gasteiger partial charge in [0.1, 0.15) is 6.04 Å². The Morgan fingerprint density at radius 1 is 1.04 bits per heavy atom. The fourth-order valence-electron chi connectivity index (χ4n) is 3.24. The monoisotopic (exact) mass is 386 g/mol. The van der Waals surface area contributed by atoms with E-state index in [1.165, 1.54) is 9.75 Å². The molecule has 2 unspecified atom stereocenters. The summed E-state index contributed by atoms with van der Waals surface area (Å²) in [6, 6.07) is 8.90. The van der Waals surface area contributed by atoms with Gasteiger partial charge in [-0.25, -0.2) is 0 Å². The molecule has 1 aromatic heterocycles. The Hall–Kier alpha value is -2.14. The molecule has 146 valence electrons. The fraction of sp³-hybridized carbons (Fsp3) is 0.455. The number of hydrogen-bond donors (Lipinski definition) is 2. The van der Waals surface area contributed by atoms with Gasteiger partial charge in [-0.05, 0) is 63.3 Å². The van der Waals surface area contributed by atoms with Crippen LogP contribution in [-0.2, 0) is 4.79 Å². The first kappa shape index (κ1) is 21.2. The van der Waals surface area contributed by atoms with Crippen LogP contribution in [0.15, 0.2) is 30.3 Å². The second kappa shape index (κ2) is 9.18. The lowest BCUT2D eigenvalue weighted by molar-refractivity contribution is -0.124. The van der Waals surface area contributed by atoms with E-state index in [4.69, 9.17) is 0 Å². The van der Waals surface area contributed by atoms with Gasteiger partial charge in [0.2, 0.25) is 5.91 Å². The average Bonchev–Trinajstić information content (AvgIpc) is 2.92. The van der Waals surface area contributed by atoms with Crippen molar-refractivity contribution >= 4 is 23.2 Å². The zero-order chi connectivity index (χ0) is 20.1. The Balaban J connectivity index is 2.12. The van der Waals surface area contributed by atoms with Crippen LogP contribution >= 0.6 is 11.3 Å². The Labute approximate surface area is 166 Å². The van der Waals surface area contributed by atoms with E-state index in [1.54, 1.807) is 17.4 Å². The number of thiophene rings is 1. The van der Waals surface area contributed by atoms with Crippen molar-refractivity contribution in [3.05, 3.63) is 56.8 Å². The van der Waals surface area contributed by atoms with Gasteiger partial charge in [0.15, 0.2) is 0 Å². The number of aryl methyl sites for hydroxylation is 3. The van der Waals surface area contributed by atoms with Gasteiger partial charge < -0.3 is 10.6 Å². The zero-order valence-corrected chi connectivity index (χ0v) is 17.9. The highest BCUT2D eigenvalue weighted by Gasteiger charge is 2.25. The van der Waals surface area contributed by atoms with Gasteiger partial charge in [0.05, 0.1) is 6.04 Å². The molecule has 0 bridgehead atoms. The molecule has 2 aromatic rings. The van der Waals surface area contributed by atoms with Crippen LogP contribution in [0, 0.1) is 26.7 Å². The third-order valence-electron chi connectivity index (χ3n) is 4.62. The summed E-state index contributed by atoms with van der Waals surface area (Å²) in [4.78, 5) is 28.0. The van der Waals surface area contributed by atoms with Crippen molar-refractivity contribution in [1.82, 2.24) is 10.6 Å². The van der Waals surface area contributed by atoms with Crippen LogP contribution in [0.4, 0.5) is 0 Å². The number of nitrogens with one attached hydrogen (secondary N) is 2. The number of carbonyl (C=O) groups is 2. The molecule has 5 heteroatoms. The van der Waals surface area contributed by atoms with Crippen LogP contribution in [0.3, 0.4) is 0 Å². The molecule has 1 aromatic carbocycles. The van der Waals surface area contributed by atoms with Gasteiger partial charge in [-0.2, -0.15) is 0 Å². The predicted molar refractivity (Wildman–Crippen MR) is 112 cm³/mol. The van der Waals surface area contributed by atoms with Crippen molar-refractivity contribution < 1.29 is 9.59 Å². The highest BCUT2D eigenvalue weighted by molar-refractivity contribution is 7.12. The molecule has 0 aliphatic carbocycles. The summed E-state index contributed by atoms with van der Waals surface area (Å²) in [5, 5.41) is 6.01. The molecule has 27 heavy (non-hydrogen) atoms. The first-order valence-corrected chi connectivity index (χ1v) is 10.2. The van der Waals surface area contributed by atoms with E-state index in [0.29, 0.717) is 17.9 Å². The highest BCUT2D eigenvalue weighted by Crippen LogP contribution is 2.26. The van der Waals surface area contributed by atoms with Gasteiger partial charge in [-0.3, -0.25) is 9.59 Å². The molecule has 2 rings (SSSR count). The number of benzene rings is 1. The highest BCUT2D eigenvalue weighted by atomic mass is 32.1. The predicted octanol–water partition coefficient (Wildman–Crippen LogP) is 4.70. The normalized spacial score (nSPS) is 13.3. The lowest BCUT2D eigenvalue weighted by atomic mass is 10.0. The molecule has 4 nitrogen and oxygen atoms in total. The summed E-state index contributed by atoms with van der Waals surface area (Å²) in [5.74, 6) is -0.0520. The summed E-state index contributed by atoms with van der Waals surface area (Å²) in [7, 11) is 0. The SMILES string of the molecule is Cc1cc(C(C)NC(=O)C(CC(C)C)NC(=O)c2ccccc2C)c(C)s1. The minimum atomic E-state index is -0.556. The Morgan fingerprint density at radius 3 is 2.26 bits per heavy atom. The second-order valence-corrected chi connectivity index (χ2v) is 9.03.